The second kappa shape index (κ2) is 14.5. The van der Waals surface area contributed by atoms with Gasteiger partial charge >= 0.3 is 0 Å². The third kappa shape index (κ3) is 16.2. The number of rotatable bonds is 11. The topological polar surface area (TPSA) is 89.0 Å². The zero-order valence-electron chi connectivity index (χ0n) is 13.9. The van der Waals surface area contributed by atoms with Gasteiger partial charge in [0.1, 0.15) is 9.84 Å². The zero-order valence-corrected chi connectivity index (χ0v) is 17.1. The molecular weight excluding hydrogens is 421 g/mol. The average molecular weight is 451 g/mol. The Kier molecular flexibility index (Phi) is 15.9. The lowest BCUT2D eigenvalue weighted by molar-refractivity contribution is 0.0698. The Bertz CT molecular complexity index is 391. The van der Waals surface area contributed by atoms with E-state index in [0.717, 1.165) is 13.0 Å². The van der Waals surface area contributed by atoms with Gasteiger partial charge in [-0.25, -0.2) is 8.42 Å². The molecule has 0 aliphatic rings. The lowest BCUT2D eigenvalue weighted by Gasteiger charge is -2.17. The molecule has 7 nitrogen and oxygen atoms in total. The average Bonchev–Trinajstić information content (AvgIpc) is 2.42. The van der Waals surface area contributed by atoms with Crippen molar-refractivity contribution < 1.29 is 17.9 Å². The van der Waals surface area contributed by atoms with Gasteiger partial charge in [0.05, 0.1) is 19.0 Å². The van der Waals surface area contributed by atoms with E-state index in [1.165, 1.54) is 6.26 Å². The predicted octanol–water partition coefficient (Wildman–Crippen LogP) is 0.646. The molecule has 0 radical (unpaired) electrons. The highest BCUT2D eigenvalue weighted by Crippen LogP contribution is 1.95. The minimum absolute atomic E-state index is 0. The summed E-state index contributed by atoms with van der Waals surface area (Å²) in [6.45, 7) is 4.55. The van der Waals surface area contributed by atoms with Gasteiger partial charge in [0, 0.05) is 39.6 Å². The van der Waals surface area contributed by atoms with Crippen LogP contribution in [0, 0.1) is 0 Å². The van der Waals surface area contributed by atoms with Crippen molar-refractivity contribution in [3.8, 4) is 0 Å². The van der Waals surface area contributed by atoms with Crippen LogP contribution in [0.1, 0.15) is 19.8 Å². The molecule has 0 aliphatic heterocycles. The third-order valence-electron chi connectivity index (χ3n) is 2.72. The van der Waals surface area contributed by atoms with Gasteiger partial charge in [-0.15, -0.1) is 24.0 Å². The van der Waals surface area contributed by atoms with Crippen LogP contribution in [0.2, 0.25) is 0 Å². The first kappa shape index (κ1) is 24.1. The summed E-state index contributed by atoms with van der Waals surface area (Å²) in [6, 6.07) is 0.0453. The van der Waals surface area contributed by atoms with Gasteiger partial charge in [0.2, 0.25) is 0 Å². The highest BCUT2D eigenvalue weighted by molar-refractivity contribution is 14.0. The van der Waals surface area contributed by atoms with E-state index in [1.807, 2.05) is 6.92 Å². The van der Waals surface area contributed by atoms with Crippen LogP contribution in [-0.2, 0) is 19.3 Å². The summed E-state index contributed by atoms with van der Waals surface area (Å²) in [4.78, 5) is 4.10. The van der Waals surface area contributed by atoms with E-state index in [4.69, 9.17) is 9.47 Å². The van der Waals surface area contributed by atoms with Crippen LogP contribution < -0.4 is 10.6 Å². The second-order valence-electron chi connectivity index (χ2n) is 4.92. The molecule has 0 bridgehead atoms. The normalized spacial score (nSPS) is 13.4. The van der Waals surface area contributed by atoms with Crippen molar-refractivity contribution >= 4 is 39.8 Å². The molecule has 0 heterocycles. The first-order valence-electron chi connectivity index (χ1n) is 7.10. The molecule has 1 atom stereocenters. The maximum atomic E-state index is 11.1. The van der Waals surface area contributed by atoms with Gasteiger partial charge in [-0.1, -0.05) is 0 Å². The molecule has 0 aromatic heterocycles. The summed E-state index contributed by atoms with van der Waals surface area (Å²) < 4.78 is 32.5. The molecule has 0 fully saturated rings. The number of ether oxygens (including phenoxy) is 2. The molecule has 0 rings (SSSR count). The van der Waals surface area contributed by atoms with Crippen molar-refractivity contribution in [3.63, 3.8) is 0 Å². The summed E-state index contributed by atoms with van der Waals surface area (Å²) in [5, 5.41) is 6.33. The fourth-order valence-electron chi connectivity index (χ4n) is 1.52. The Hall–Kier alpha value is -0.130. The van der Waals surface area contributed by atoms with E-state index >= 15 is 0 Å². The molecule has 1 unspecified atom stereocenters. The molecule has 0 saturated heterocycles. The lowest BCUT2D eigenvalue weighted by atomic mass is 10.3. The van der Waals surface area contributed by atoms with Gasteiger partial charge in [-0.2, -0.15) is 0 Å². The van der Waals surface area contributed by atoms with E-state index in [1.54, 1.807) is 14.2 Å². The number of aliphatic imine (C=N–C) groups is 1. The quantitative estimate of drug-likeness (QED) is 0.208. The second-order valence-corrected chi connectivity index (χ2v) is 7.18. The number of hydrogen-bond donors (Lipinski definition) is 2. The summed E-state index contributed by atoms with van der Waals surface area (Å²) >= 11 is 0. The maximum Gasteiger partial charge on any atom is 0.191 e. The fourth-order valence-corrected chi connectivity index (χ4v) is 2.30. The van der Waals surface area contributed by atoms with E-state index in [-0.39, 0.29) is 35.8 Å². The van der Waals surface area contributed by atoms with E-state index in [9.17, 15) is 8.42 Å². The standard InChI is InChI=1S/C13H29N3O4S.HI/c1-12(6-11-21(4,17)18)16-13(14-2)15-7-5-8-20-10-9-19-3;/h12H,5-11H2,1-4H3,(H2,14,15,16);1H. The van der Waals surface area contributed by atoms with E-state index < -0.39 is 9.84 Å². The number of nitrogens with zero attached hydrogens (tertiary/aromatic N) is 1. The Morgan fingerprint density at radius 3 is 2.50 bits per heavy atom. The minimum Gasteiger partial charge on any atom is -0.382 e. The highest BCUT2D eigenvalue weighted by atomic mass is 127. The van der Waals surface area contributed by atoms with Crippen molar-refractivity contribution in [2.75, 3.05) is 52.5 Å². The van der Waals surface area contributed by atoms with Crippen LogP contribution >= 0.6 is 24.0 Å². The Labute approximate surface area is 151 Å². The molecule has 0 aromatic rings. The lowest BCUT2D eigenvalue weighted by Crippen LogP contribution is -2.43. The summed E-state index contributed by atoms with van der Waals surface area (Å²) in [7, 11) is 0.412. The number of hydrogen-bond acceptors (Lipinski definition) is 5. The van der Waals surface area contributed by atoms with Crippen molar-refractivity contribution in [1.82, 2.24) is 10.6 Å². The smallest absolute Gasteiger partial charge is 0.191 e. The number of sulfone groups is 1. The maximum absolute atomic E-state index is 11.1. The zero-order chi connectivity index (χ0) is 16.1. The molecule has 0 saturated carbocycles. The monoisotopic (exact) mass is 451 g/mol. The molecule has 134 valence electrons. The van der Waals surface area contributed by atoms with E-state index in [0.29, 0.717) is 32.2 Å². The fraction of sp³-hybridized carbons (Fsp3) is 0.923. The summed E-state index contributed by atoms with van der Waals surface area (Å²) in [5.41, 5.74) is 0. The van der Waals surface area contributed by atoms with Gasteiger partial charge in [0.15, 0.2) is 5.96 Å². The van der Waals surface area contributed by atoms with Crippen LogP contribution in [0.5, 0.6) is 0 Å². The van der Waals surface area contributed by atoms with Crippen molar-refractivity contribution in [3.05, 3.63) is 0 Å². The molecule has 0 amide bonds. The van der Waals surface area contributed by atoms with Crippen LogP contribution in [0.15, 0.2) is 4.99 Å². The summed E-state index contributed by atoms with van der Waals surface area (Å²) in [5.74, 6) is 0.846. The number of nitrogens with one attached hydrogen (secondary N) is 2. The van der Waals surface area contributed by atoms with Crippen molar-refractivity contribution in [2.45, 2.75) is 25.8 Å². The van der Waals surface area contributed by atoms with E-state index in [2.05, 4.69) is 15.6 Å². The predicted molar refractivity (Wildman–Crippen MR) is 101 cm³/mol. The minimum atomic E-state index is -2.92. The van der Waals surface area contributed by atoms with Crippen LogP contribution in [-0.4, -0.2) is 73.0 Å². The molecule has 2 N–H and O–H groups in total. The molecule has 0 aromatic carbocycles. The van der Waals surface area contributed by atoms with Crippen molar-refractivity contribution in [1.29, 1.82) is 0 Å². The largest absolute Gasteiger partial charge is 0.382 e. The van der Waals surface area contributed by atoms with Gasteiger partial charge in [0.25, 0.3) is 0 Å². The molecule has 22 heavy (non-hydrogen) atoms. The Balaban J connectivity index is 0. The number of guanidine groups is 1. The van der Waals surface area contributed by atoms with Crippen LogP contribution in [0.25, 0.3) is 0 Å². The SMILES string of the molecule is CN=C(NCCCOCCOC)NC(C)CCS(C)(=O)=O.I. The first-order chi connectivity index (χ1) is 9.89. The van der Waals surface area contributed by atoms with Gasteiger partial charge in [-0.3, -0.25) is 4.99 Å². The number of methoxy groups -OCH3 is 1. The Morgan fingerprint density at radius 2 is 1.95 bits per heavy atom. The molecular formula is C13H30IN3O4S. The van der Waals surface area contributed by atoms with Gasteiger partial charge in [-0.05, 0) is 19.8 Å². The third-order valence-corrected chi connectivity index (χ3v) is 3.70. The van der Waals surface area contributed by atoms with Gasteiger partial charge < -0.3 is 20.1 Å². The molecule has 0 aliphatic carbocycles. The first-order valence-corrected chi connectivity index (χ1v) is 9.16. The molecule has 9 heteroatoms. The highest BCUT2D eigenvalue weighted by Gasteiger charge is 2.09. The van der Waals surface area contributed by atoms with Crippen LogP contribution in [0.4, 0.5) is 0 Å². The van der Waals surface area contributed by atoms with Crippen molar-refractivity contribution in [2.24, 2.45) is 4.99 Å². The molecule has 0 spiro atoms. The van der Waals surface area contributed by atoms with Crippen LogP contribution in [0.3, 0.4) is 0 Å². The summed E-state index contributed by atoms with van der Waals surface area (Å²) in [6.07, 6.45) is 2.66. The Morgan fingerprint density at radius 1 is 1.27 bits per heavy atom. The number of halogens is 1.